The second-order valence-electron chi connectivity index (χ2n) is 17.6. The minimum Gasteiger partial charge on any atom is -0.493 e. The smallest absolute Gasteiger partial charge is 0.489 e. The van der Waals surface area contributed by atoms with E-state index < -0.39 is 34.4 Å². The molecule has 17 nitrogen and oxygen atoms in total. The summed E-state index contributed by atoms with van der Waals surface area (Å²) in [6.07, 6.45) is 5.78. The number of amides is 1. The largest absolute Gasteiger partial charge is 0.493 e. The van der Waals surface area contributed by atoms with E-state index in [0.29, 0.717) is 51.3 Å². The molecule has 0 aromatic heterocycles. The fourth-order valence-corrected chi connectivity index (χ4v) is 10.2. The molecule has 82 heavy (non-hydrogen) atoms. The number of carbonyl (C=O) groups is 2. The number of carbonyl (C=O) groups excluding carboxylic acids is 1. The van der Waals surface area contributed by atoms with Gasteiger partial charge in [0, 0.05) is 32.9 Å². The lowest BCUT2D eigenvalue weighted by molar-refractivity contribution is -0.136. The van der Waals surface area contributed by atoms with Crippen molar-refractivity contribution in [3.8, 4) is 23.0 Å². The van der Waals surface area contributed by atoms with Gasteiger partial charge in [-0.15, -0.1) is 0 Å². The molecule has 0 saturated carbocycles. The summed E-state index contributed by atoms with van der Waals surface area (Å²) in [5, 5.41) is 83.5. The number of aliphatic carboxylic acids is 1. The Labute approximate surface area is 540 Å². The van der Waals surface area contributed by atoms with Crippen molar-refractivity contribution in [2.45, 2.75) is 74.1 Å². The third-order valence-corrected chi connectivity index (χ3v) is 16.4. The average Bonchev–Trinajstić information content (AvgIpc) is 4.31. The molecule has 2 heterocycles. The molecule has 25 heteroatoms. The van der Waals surface area contributed by atoms with Crippen molar-refractivity contribution in [3.05, 3.63) is 157 Å². The molecule has 0 unspecified atom stereocenters. The topological polar surface area (TPSA) is 268 Å². The highest BCUT2D eigenvalue weighted by molar-refractivity contribution is 14.1. The number of hydrogen-bond acceptors (Lipinski definition) is 15. The van der Waals surface area contributed by atoms with E-state index in [1.54, 1.807) is 55.6 Å². The zero-order chi connectivity index (χ0) is 59.9. The Morgan fingerprint density at radius 3 is 1.37 bits per heavy atom. The molecule has 0 aliphatic carbocycles. The molecule has 10 N–H and O–H groups in total. The highest BCUT2D eigenvalue weighted by Crippen LogP contribution is 2.32. The maximum absolute atomic E-state index is 11.7. The molecule has 0 spiro atoms. The maximum Gasteiger partial charge on any atom is 0.489 e. The summed E-state index contributed by atoms with van der Waals surface area (Å²) in [5.74, 6) is 1.65. The van der Waals surface area contributed by atoms with Crippen LogP contribution >= 0.6 is 90.4 Å². The molecule has 6 aromatic rings. The van der Waals surface area contributed by atoms with Crippen molar-refractivity contribution >= 4 is 153 Å². The van der Waals surface area contributed by atoms with Crippen LogP contribution in [0.2, 0.25) is 0 Å². The lowest BCUT2D eigenvalue weighted by Crippen LogP contribution is -2.33. The van der Waals surface area contributed by atoms with Crippen molar-refractivity contribution in [2.24, 2.45) is 0 Å². The van der Waals surface area contributed by atoms with Gasteiger partial charge in [-0.3, -0.25) is 9.59 Å². The van der Waals surface area contributed by atoms with Gasteiger partial charge in [0.2, 0.25) is 5.91 Å². The summed E-state index contributed by atoms with van der Waals surface area (Å²) in [5.41, 5.74) is 6.90. The van der Waals surface area contributed by atoms with Gasteiger partial charge in [0.1, 0.15) is 0 Å². The van der Waals surface area contributed by atoms with E-state index in [4.69, 9.17) is 64.2 Å². The van der Waals surface area contributed by atoms with Crippen LogP contribution in [0.25, 0.3) is 0 Å². The fourth-order valence-electron chi connectivity index (χ4n) is 7.53. The second kappa shape index (κ2) is 43.0. The van der Waals surface area contributed by atoms with E-state index >= 15 is 0 Å². The van der Waals surface area contributed by atoms with Gasteiger partial charge < -0.3 is 74.5 Å². The van der Waals surface area contributed by atoms with Gasteiger partial charge >= 0.3 is 34.4 Å². The van der Waals surface area contributed by atoms with E-state index in [0.717, 1.165) is 55.2 Å². The van der Waals surface area contributed by atoms with Crippen LogP contribution in [0.1, 0.15) is 68.4 Å². The van der Waals surface area contributed by atoms with Gasteiger partial charge in [-0.25, -0.2) is 0 Å². The number of aryl methyl sites for hydroxylation is 2. The second-order valence-corrected chi connectivity index (χ2v) is 22.1. The van der Waals surface area contributed by atoms with Crippen LogP contribution in [0.4, 0.5) is 0 Å². The van der Waals surface area contributed by atoms with E-state index in [-0.39, 0.29) is 27.2 Å². The number of hydrogen-bond donors (Lipinski definition) is 10. The molecule has 0 radical (unpaired) electrons. The molecule has 0 atom stereocenters. The minimum atomic E-state index is -1.50. The van der Waals surface area contributed by atoms with Crippen LogP contribution in [0.3, 0.4) is 0 Å². The molecule has 0 bridgehead atoms. The molecule has 446 valence electrons. The molecule has 2 aliphatic heterocycles. The Morgan fingerprint density at radius 2 is 0.951 bits per heavy atom. The van der Waals surface area contributed by atoms with Crippen LogP contribution in [0.5, 0.6) is 23.0 Å². The summed E-state index contributed by atoms with van der Waals surface area (Å²) in [4.78, 5) is 23.9. The quantitative estimate of drug-likeness (QED) is 0.0524. The van der Waals surface area contributed by atoms with Gasteiger partial charge in [0.25, 0.3) is 0 Å². The van der Waals surface area contributed by atoms with Crippen LogP contribution in [0.15, 0.2) is 115 Å². The van der Waals surface area contributed by atoms with Crippen LogP contribution in [-0.2, 0) is 22.4 Å². The number of methoxy groups -OCH3 is 4. The maximum atomic E-state index is 11.7. The third-order valence-electron chi connectivity index (χ3n) is 11.6. The lowest BCUT2D eigenvalue weighted by atomic mass is 9.79. The number of carboxylic acids is 1. The van der Waals surface area contributed by atoms with Crippen LogP contribution in [0, 0.1) is 35.1 Å². The van der Waals surface area contributed by atoms with Crippen molar-refractivity contribution in [3.63, 3.8) is 0 Å². The van der Waals surface area contributed by atoms with Crippen LogP contribution < -0.4 is 46.1 Å². The molecule has 1 amide bonds. The zero-order valence-electron chi connectivity index (χ0n) is 45.8. The number of carboxylic acid groups (broad SMARTS) is 1. The molecule has 2 saturated heterocycles. The summed E-state index contributed by atoms with van der Waals surface area (Å²) < 4.78 is 23.7. The zero-order valence-corrected chi connectivity index (χ0v) is 54.4. The number of rotatable bonds is 12. The molecule has 2 fully saturated rings. The Kier molecular flexibility index (Phi) is 41.0. The van der Waals surface area contributed by atoms with Gasteiger partial charge in [-0.1, -0.05) is 111 Å². The SMILES string of the molecule is C.C.C1CCNC1.COc1cc(B(O)O)c(I)c(C)c1OC.COc1cc(I)c(B(O)O)cc1OC.Cc1cc(C)c(I)c(B(O)O)c1.O=C(Cc1ccccc1)N1CCCC1.O=C(O)Cc1ccccc1.OB(O)c1ccccc1I. The van der Waals surface area contributed by atoms with Gasteiger partial charge in [0.15, 0.2) is 23.0 Å². The summed E-state index contributed by atoms with van der Waals surface area (Å²) >= 11 is 8.22. The number of halogens is 4. The van der Waals surface area contributed by atoms with Crippen molar-refractivity contribution in [2.75, 3.05) is 54.6 Å². The normalized spacial score (nSPS) is 11.4. The first-order valence-corrected chi connectivity index (χ1v) is 29.4. The lowest BCUT2D eigenvalue weighted by Gasteiger charge is -2.15. The van der Waals surface area contributed by atoms with E-state index in [9.17, 15) is 9.59 Å². The average molecular weight is 1580 g/mol. The van der Waals surface area contributed by atoms with E-state index in [1.165, 1.54) is 60.1 Å². The number of nitrogens with zero attached hydrogens (tertiary/aromatic N) is 1. The number of nitrogens with one attached hydrogen (secondary N) is 1. The van der Waals surface area contributed by atoms with Crippen LogP contribution in [-0.4, -0.2) is 145 Å². The Bertz CT molecular complexity index is 2780. The molecule has 2 aliphatic rings. The predicted octanol–water partition coefficient (Wildman–Crippen LogP) is 5.65. The van der Waals surface area contributed by atoms with Gasteiger partial charge in [-0.2, -0.15) is 0 Å². The summed E-state index contributed by atoms with van der Waals surface area (Å²) in [6.45, 7) is 10.1. The highest BCUT2D eigenvalue weighted by Gasteiger charge is 2.23. The first-order chi connectivity index (χ1) is 38.0. The fraction of sp³-hybridized carbons (Fsp3) is 0.333. The molecule has 6 aromatic carbocycles. The third kappa shape index (κ3) is 28.4. The first-order valence-electron chi connectivity index (χ1n) is 25.1. The summed E-state index contributed by atoms with van der Waals surface area (Å²) in [6, 6.07) is 34.8. The Hall–Kier alpha value is -3.72. The molecular formula is C57H78B4I4N2O15. The van der Waals surface area contributed by atoms with E-state index in [1.807, 2.05) is 138 Å². The number of likely N-dealkylation sites (tertiary alicyclic amines) is 1. The first kappa shape index (κ1) is 78.3. The van der Waals surface area contributed by atoms with Crippen molar-refractivity contribution in [1.82, 2.24) is 10.2 Å². The summed E-state index contributed by atoms with van der Waals surface area (Å²) in [7, 11) is 0.371. The van der Waals surface area contributed by atoms with Gasteiger partial charge in [0.05, 0.1) is 41.3 Å². The van der Waals surface area contributed by atoms with Gasteiger partial charge in [-0.05, 0) is 213 Å². The Balaban J connectivity index is 0.000000943. The number of benzene rings is 6. The number of ether oxygens (including phenoxy) is 4. The highest BCUT2D eigenvalue weighted by atomic mass is 127. The predicted molar refractivity (Wildman–Crippen MR) is 366 cm³/mol. The minimum absolute atomic E-state index is 0. The van der Waals surface area contributed by atoms with E-state index in [2.05, 4.69) is 50.5 Å². The van der Waals surface area contributed by atoms with Crippen molar-refractivity contribution in [1.29, 1.82) is 0 Å². The standard InChI is InChI=1S/C12H15NO.C9H12BIO4.C8H10BIO4.C8H10BIO2.C8H8O2.C6H6BIO2.C4H9N.2CH4/c14-12(13-8-4-5-9-13)10-11-6-2-1-3-7-11;1-5-8(11)6(10(12)13)4-7(14-2)9(5)15-3;1-13-7-3-5(9(11)12)6(10)4-8(7)14-2;1-5-3-6(2)8(10)7(4-5)9(11)12;9-8(10)6-7-4-2-1-3-5-7;8-6-4-2-1-3-5(6)7(9)10;1-2-4-5-3-1;;/h1-3,6-7H,4-5,8-10H2;4,12-13H,1-3H3;3-4,11-12H,1-2H3;3-4,11-12H,1-2H3;1-5H,6H2,(H,9,10);1-4,9-10H;5H,1-4H2;2*1H4. The molecular weight excluding hydrogens is 1500 g/mol. The molecule has 8 rings (SSSR count). The monoisotopic (exact) mass is 1580 g/mol. The Morgan fingerprint density at radius 1 is 0.512 bits per heavy atom. The van der Waals surface area contributed by atoms with Crippen molar-refractivity contribution < 1.29 is 73.8 Å².